The molecule has 1 atom stereocenters. The second kappa shape index (κ2) is 4.68. The van der Waals surface area contributed by atoms with Crippen molar-refractivity contribution in [3.05, 3.63) is 52.6 Å². The third-order valence-corrected chi connectivity index (χ3v) is 2.84. The first-order chi connectivity index (χ1) is 7.66. The van der Waals surface area contributed by atoms with Crippen molar-refractivity contribution in [2.24, 2.45) is 5.73 Å². The van der Waals surface area contributed by atoms with Crippen LogP contribution in [0.1, 0.15) is 23.0 Å². The van der Waals surface area contributed by atoms with Crippen LogP contribution in [0.15, 0.2) is 30.6 Å². The number of aromatic nitrogens is 2. The van der Waals surface area contributed by atoms with E-state index in [0.717, 1.165) is 22.0 Å². The predicted molar refractivity (Wildman–Crippen MR) is 65.4 cm³/mol. The van der Waals surface area contributed by atoms with Crippen molar-refractivity contribution in [2.45, 2.75) is 19.4 Å². The van der Waals surface area contributed by atoms with Gasteiger partial charge in [0, 0.05) is 29.9 Å². The number of H-pyrrole nitrogens is 1. The van der Waals surface area contributed by atoms with Crippen molar-refractivity contribution in [2.75, 3.05) is 0 Å². The number of nitrogens with two attached hydrogens (primary N) is 1. The number of benzene rings is 1. The fourth-order valence-corrected chi connectivity index (χ4v) is 1.92. The van der Waals surface area contributed by atoms with Gasteiger partial charge in [-0.3, -0.25) is 0 Å². The number of aryl methyl sites for hydroxylation is 1. The van der Waals surface area contributed by atoms with Crippen LogP contribution in [0.2, 0.25) is 5.02 Å². The first-order valence-corrected chi connectivity index (χ1v) is 5.54. The average molecular weight is 236 g/mol. The maximum absolute atomic E-state index is 6.14. The molecule has 0 aliphatic carbocycles. The Morgan fingerprint density at radius 2 is 2.31 bits per heavy atom. The van der Waals surface area contributed by atoms with E-state index in [-0.39, 0.29) is 6.04 Å². The Hall–Kier alpha value is -1.32. The lowest BCUT2D eigenvalue weighted by Gasteiger charge is -2.13. The fraction of sp³-hybridized carbons (Fsp3) is 0.250. The van der Waals surface area contributed by atoms with Gasteiger partial charge < -0.3 is 10.7 Å². The van der Waals surface area contributed by atoms with E-state index in [1.165, 1.54) is 0 Å². The van der Waals surface area contributed by atoms with Gasteiger partial charge in [-0.05, 0) is 30.2 Å². The molecule has 0 saturated heterocycles. The van der Waals surface area contributed by atoms with Gasteiger partial charge in [-0.1, -0.05) is 17.7 Å². The van der Waals surface area contributed by atoms with Crippen LogP contribution in [0.4, 0.5) is 0 Å². The third-order valence-electron chi connectivity index (χ3n) is 2.61. The minimum absolute atomic E-state index is 0.0788. The van der Waals surface area contributed by atoms with Crippen LogP contribution in [0, 0.1) is 6.92 Å². The van der Waals surface area contributed by atoms with Crippen LogP contribution >= 0.6 is 11.6 Å². The largest absolute Gasteiger partial charge is 0.349 e. The van der Waals surface area contributed by atoms with Crippen molar-refractivity contribution >= 4 is 11.6 Å². The summed E-state index contributed by atoms with van der Waals surface area (Å²) in [7, 11) is 0. The van der Waals surface area contributed by atoms with Crippen molar-refractivity contribution in [1.82, 2.24) is 9.97 Å². The van der Waals surface area contributed by atoms with E-state index >= 15 is 0 Å². The molecule has 0 aliphatic heterocycles. The molecule has 0 radical (unpaired) electrons. The number of aromatic amines is 1. The summed E-state index contributed by atoms with van der Waals surface area (Å²) in [4.78, 5) is 7.21. The molecule has 1 heterocycles. The lowest BCUT2D eigenvalue weighted by Crippen LogP contribution is -2.15. The molecule has 84 valence electrons. The summed E-state index contributed by atoms with van der Waals surface area (Å²) in [6, 6.07) is 5.70. The molecule has 16 heavy (non-hydrogen) atoms. The molecule has 1 unspecified atom stereocenters. The summed E-state index contributed by atoms with van der Waals surface area (Å²) in [5.41, 5.74) is 8.37. The van der Waals surface area contributed by atoms with Gasteiger partial charge in [0.15, 0.2) is 0 Å². The normalized spacial score (nSPS) is 12.7. The molecular formula is C12H14ClN3. The van der Waals surface area contributed by atoms with Crippen molar-refractivity contribution in [3.63, 3.8) is 0 Å². The van der Waals surface area contributed by atoms with Crippen LogP contribution < -0.4 is 5.73 Å². The molecule has 3 nitrogen and oxygen atoms in total. The Balaban J connectivity index is 2.20. The van der Waals surface area contributed by atoms with E-state index in [9.17, 15) is 0 Å². The van der Waals surface area contributed by atoms with E-state index in [1.807, 2.05) is 25.1 Å². The van der Waals surface area contributed by atoms with Gasteiger partial charge in [0.25, 0.3) is 0 Å². The topological polar surface area (TPSA) is 54.7 Å². The third kappa shape index (κ3) is 2.43. The standard InChI is InChI=1S/C12H14ClN3/c1-8-2-3-9(13)6-10(8)11(14)7-12-15-4-5-16-12/h2-6,11H,7,14H2,1H3,(H,15,16). The first kappa shape index (κ1) is 11.2. The molecule has 2 aromatic rings. The zero-order valence-electron chi connectivity index (χ0n) is 9.07. The van der Waals surface area contributed by atoms with Gasteiger partial charge in [-0.15, -0.1) is 0 Å². The Morgan fingerprint density at radius 3 is 3.00 bits per heavy atom. The molecule has 0 saturated carbocycles. The predicted octanol–water partition coefficient (Wildman–Crippen LogP) is 2.61. The summed E-state index contributed by atoms with van der Waals surface area (Å²) < 4.78 is 0. The molecular weight excluding hydrogens is 222 g/mol. The number of nitrogens with zero attached hydrogens (tertiary/aromatic N) is 1. The van der Waals surface area contributed by atoms with Crippen molar-refractivity contribution < 1.29 is 0 Å². The molecule has 2 rings (SSSR count). The second-order valence-electron chi connectivity index (χ2n) is 3.85. The zero-order valence-corrected chi connectivity index (χ0v) is 9.83. The SMILES string of the molecule is Cc1ccc(Cl)cc1C(N)Cc1ncc[nH]1. The van der Waals surface area contributed by atoms with Gasteiger partial charge in [0.2, 0.25) is 0 Å². The lowest BCUT2D eigenvalue weighted by molar-refractivity contribution is 0.690. The Kier molecular flexibility index (Phi) is 3.27. The van der Waals surface area contributed by atoms with Gasteiger partial charge in [0.05, 0.1) is 0 Å². The summed E-state index contributed by atoms with van der Waals surface area (Å²) in [5.74, 6) is 0.895. The summed E-state index contributed by atoms with van der Waals surface area (Å²) in [5, 5.41) is 0.718. The molecule has 0 amide bonds. The van der Waals surface area contributed by atoms with Gasteiger partial charge in [-0.25, -0.2) is 4.98 Å². The van der Waals surface area contributed by atoms with Gasteiger partial charge in [-0.2, -0.15) is 0 Å². The summed E-state index contributed by atoms with van der Waals surface area (Å²) in [6.45, 7) is 2.04. The molecule has 4 heteroatoms. The zero-order chi connectivity index (χ0) is 11.5. The molecule has 0 bridgehead atoms. The summed E-state index contributed by atoms with van der Waals surface area (Å²) in [6.07, 6.45) is 4.22. The quantitative estimate of drug-likeness (QED) is 0.859. The number of hydrogen-bond donors (Lipinski definition) is 2. The number of hydrogen-bond acceptors (Lipinski definition) is 2. The van der Waals surface area contributed by atoms with E-state index in [0.29, 0.717) is 6.42 Å². The Morgan fingerprint density at radius 1 is 1.50 bits per heavy atom. The highest BCUT2D eigenvalue weighted by molar-refractivity contribution is 6.30. The van der Waals surface area contributed by atoms with Crippen LogP contribution in [0.25, 0.3) is 0 Å². The maximum Gasteiger partial charge on any atom is 0.107 e. The lowest BCUT2D eigenvalue weighted by atomic mass is 9.99. The fourth-order valence-electron chi connectivity index (χ4n) is 1.74. The van der Waals surface area contributed by atoms with Crippen molar-refractivity contribution in [3.8, 4) is 0 Å². The van der Waals surface area contributed by atoms with Gasteiger partial charge in [0.1, 0.15) is 5.82 Å². The monoisotopic (exact) mass is 235 g/mol. The van der Waals surface area contributed by atoms with Crippen LogP contribution in [-0.2, 0) is 6.42 Å². The van der Waals surface area contributed by atoms with E-state index in [1.54, 1.807) is 12.4 Å². The van der Waals surface area contributed by atoms with E-state index in [2.05, 4.69) is 9.97 Å². The molecule has 1 aromatic heterocycles. The molecule has 0 fully saturated rings. The van der Waals surface area contributed by atoms with Crippen LogP contribution in [-0.4, -0.2) is 9.97 Å². The van der Waals surface area contributed by atoms with E-state index < -0.39 is 0 Å². The second-order valence-corrected chi connectivity index (χ2v) is 4.28. The van der Waals surface area contributed by atoms with E-state index in [4.69, 9.17) is 17.3 Å². The number of imidazole rings is 1. The molecule has 0 aliphatic rings. The smallest absolute Gasteiger partial charge is 0.107 e. The first-order valence-electron chi connectivity index (χ1n) is 5.16. The Labute approximate surface area is 99.7 Å². The molecule has 0 spiro atoms. The molecule has 1 aromatic carbocycles. The Bertz CT molecular complexity index is 465. The van der Waals surface area contributed by atoms with Gasteiger partial charge >= 0.3 is 0 Å². The van der Waals surface area contributed by atoms with Crippen LogP contribution in [0.3, 0.4) is 0 Å². The summed E-state index contributed by atoms with van der Waals surface area (Å²) >= 11 is 5.96. The number of nitrogens with one attached hydrogen (secondary N) is 1. The minimum atomic E-state index is -0.0788. The number of rotatable bonds is 3. The maximum atomic E-state index is 6.14. The van der Waals surface area contributed by atoms with Crippen molar-refractivity contribution in [1.29, 1.82) is 0 Å². The highest BCUT2D eigenvalue weighted by Gasteiger charge is 2.11. The van der Waals surface area contributed by atoms with Crippen LogP contribution in [0.5, 0.6) is 0 Å². The highest BCUT2D eigenvalue weighted by Crippen LogP contribution is 2.22. The minimum Gasteiger partial charge on any atom is -0.349 e. The highest BCUT2D eigenvalue weighted by atomic mass is 35.5. The average Bonchev–Trinajstić information content (AvgIpc) is 2.74. The molecule has 3 N–H and O–H groups in total. The number of halogens is 1.